The van der Waals surface area contributed by atoms with E-state index < -0.39 is 65.7 Å². The second-order valence-corrected chi connectivity index (χ2v) is 16.2. The van der Waals surface area contributed by atoms with Crippen molar-refractivity contribution >= 4 is 23.4 Å². The highest BCUT2D eigenvalue weighted by Gasteiger charge is 2.48. The van der Waals surface area contributed by atoms with Gasteiger partial charge in [-0.15, -0.1) is 0 Å². The van der Waals surface area contributed by atoms with Gasteiger partial charge in [0.2, 0.25) is 5.79 Å². The van der Waals surface area contributed by atoms with Gasteiger partial charge in [-0.3, -0.25) is 14.4 Å². The summed E-state index contributed by atoms with van der Waals surface area (Å²) in [7, 11) is 3.06. The van der Waals surface area contributed by atoms with Gasteiger partial charge in [-0.05, 0) is 82.3 Å². The van der Waals surface area contributed by atoms with E-state index in [0.29, 0.717) is 50.0 Å². The fourth-order valence-corrected chi connectivity index (χ4v) is 8.19. The molecule has 3 aliphatic rings. The normalized spacial score (nSPS) is 36.1. The number of Topliss-reactive ketones (excluding diaryl/α,β-unsaturated/α-hetero) is 2. The number of methoxy groups -OCH3 is 2. The number of hydrogen-bond donors (Lipinski definition) is 4. The topological polar surface area (TPSA) is 180 Å². The van der Waals surface area contributed by atoms with E-state index in [1.807, 2.05) is 32.1 Å². The second-order valence-electron chi connectivity index (χ2n) is 16.2. The van der Waals surface area contributed by atoms with E-state index in [-0.39, 0.29) is 43.6 Å². The first-order valence-corrected chi connectivity index (χ1v) is 19.9. The minimum Gasteiger partial charge on any atom is -0.456 e. The van der Waals surface area contributed by atoms with Crippen LogP contribution < -0.4 is 0 Å². The summed E-state index contributed by atoms with van der Waals surface area (Å²) in [4.78, 5) is 56.1. The number of ketones is 2. The molecule has 0 aromatic rings. The summed E-state index contributed by atoms with van der Waals surface area (Å²) in [6, 6.07) is -1.18. The Balaban J connectivity index is 2.04. The van der Waals surface area contributed by atoms with Crippen molar-refractivity contribution in [2.24, 2.45) is 23.7 Å². The number of aliphatic hydroxyl groups excluding tert-OH is 2. The third-order valence-corrected chi connectivity index (χ3v) is 11.8. The highest BCUT2D eigenvalue weighted by atomic mass is 16.5. The van der Waals surface area contributed by atoms with E-state index >= 15 is 0 Å². The molecule has 1 fully saturated rings. The number of nitrogens with zero attached hydrogens (tertiary/aromatic N) is 1. The van der Waals surface area contributed by atoms with Gasteiger partial charge in [-0.1, -0.05) is 64.3 Å². The van der Waals surface area contributed by atoms with Crippen LogP contribution in [0.2, 0.25) is 0 Å². The molecule has 2 heterocycles. The van der Waals surface area contributed by atoms with Crippen molar-refractivity contribution in [1.82, 2.24) is 4.90 Å². The van der Waals surface area contributed by atoms with Crippen LogP contribution in [0.15, 0.2) is 34.9 Å². The summed E-state index contributed by atoms with van der Waals surface area (Å²) < 4.78 is 17.3. The van der Waals surface area contributed by atoms with E-state index in [2.05, 4.69) is 6.92 Å². The first-order valence-electron chi connectivity index (χ1n) is 19.9. The molecule has 54 heavy (non-hydrogen) atoms. The Kier molecular flexibility index (Phi) is 17.7. The number of fused-ring (bicyclic) bond motifs is 1. The number of piperidine rings is 1. The monoisotopic (exact) mass is 761 g/mol. The number of carbonyl (C=O) groups excluding carboxylic acids is 4. The highest BCUT2D eigenvalue weighted by Crippen LogP contribution is 2.32. The van der Waals surface area contributed by atoms with Crippen molar-refractivity contribution < 1.29 is 53.8 Å². The van der Waals surface area contributed by atoms with Crippen LogP contribution in [-0.4, -0.2) is 112 Å². The van der Waals surface area contributed by atoms with Gasteiger partial charge in [0.05, 0.1) is 24.4 Å². The minimum atomic E-state index is -2.99. The van der Waals surface area contributed by atoms with Gasteiger partial charge in [-0.2, -0.15) is 0 Å². The smallest absolute Gasteiger partial charge is 0.329 e. The quantitative estimate of drug-likeness (QED) is 0.131. The summed E-state index contributed by atoms with van der Waals surface area (Å²) in [6.07, 6.45) is 7.65. The molecule has 0 aromatic carbocycles. The van der Waals surface area contributed by atoms with Gasteiger partial charge in [-0.25, -0.2) is 4.79 Å². The molecule has 10 atom stereocenters. The van der Waals surface area contributed by atoms with Crippen LogP contribution in [0.1, 0.15) is 119 Å². The van der Waals surface area contributed by atoms with Crippen LogP contribution >= 0.6 is 0 Å². The summed E-state index contributed by atoms with van der Waals surface area (Å²) >= 11 is 0. The zero-order chi connectivity index (χ0) is 40.3. The highest BCUT2D eigenvalue weighted by molar-refractivity contribution is 6.39. The predicted molar refractivity (Wildman–Crippen MR) is 204 cm³/mol. The molecule has 4 N–H and O–H groups in total. The van der Waals surface area contributed by atoms with Crippen LogP contribution in [0, 0.1) is 23.7 Å². The molecule has 12 nitrogen and oxygen atoms in total. The number of rotatable bonds is 5. The van der Waals surface area contributed by atoms with E-state index in [9.17, 15) is 39.6 Å². The lowest BCUT2D eigenvalue weighted by Crippen LogP contribution is -2.58. The summed E-state index contributed by atoms with van der Waals surface area (Å²) in [5, 5.41) is 44.1. The lowest BCUT2D eigenvalue weighted by molar-refractivity contribution is -0.208. The van der Waals surface area contributed by atoms with Crippen molar-refractivity contribution in [3.63, 3.8) is 0 Å². The fourth-order valence-electron chi connectivity index (χ4n) is 8.19. The van der Waals surface area contributed by atoms with Gasteiger partial charge >= 0.3 is 5.97 Å². The molecule has 2 aliphatic heterocycles. The summed E-state index contributed by atoms with van der Waals surface area (Å²) in [5.74, 6) is -8.39. The van der Waals surface area contributed by atoms with Crippen LogP contribution in [0.4, 0.5) is 0 Å². The van der Waals surface area contributed by atoms with Gasteiger partial charge in [0, 0.05) is 51.4 Å². The van der Waals surface area contributed by atoms with E-state index in [0.717, 1.165) is 35.3 Å². The van der Waals surface area contributed by atoms with Crippen molar-refractivity contribution in [2.75, 3.05) is 20.8 Å². The molecule has 1 aliphatic carbocycles. The second kappa shape index (κ2) is 21.0. The third kappa shape index (κ3) is 12.1. The Morgan fingerprint density at radius 3 is 2.31 bits per heavy atom. The number of hydrogen-bond acceptors (Lipinski definition) is 11. The molecule has 0 bridgehead atoms. The predicted octanol–water partition coefficient (Wildman–Crippen LogP) is 4.75. The van der Waals surface area contributed by atoms with Crippen molar-refractivity contribution in [2.45, 2.75) is 161 Å². The van der Waals surface area contributed by atoms with E-state index in [1.165, 1.54) is 21.1 Å². The maximum Gasteiger partial charge on any atom is 0.329 e. The molecule has 2 unspecified atom stereocenters. The average molecular weight is 762 g/mol. The Bertz CT molecular complexity index is 1390. The van der Waals surface area contributed by atoms with Gasteiger partial charge in [0.15, 0.2) is 0 Å². The van der Waals surface area contributed by atoms with Crippen LogP contribution in [0.25, 0.3) is 0 Å². The number of allylic oxidation sites excluding steroid dienone is 3. The van der Waals surface area contributed by atoms with E-state index in [1.54, 1.807) is 13.8 Å². The molecule has 1 amide bonds. The maximum atomic E-state index is 14.1. The summed E-state index contributed by atoms with van der Waals surface area (Å²) in [6.45, 7) is 11.1. The van der Waals surface area contributed by atoms with Gasteiger partial charge in [0.25, 0.3) is 11.7 Å². The van der Waals surface area contributed by atoms with Crippen molar-refractivity contribution in [1.29, 1.82) is 0 Å². The SMILES string of the molecule is CCC1/C=C(/C)C[C@H](C)CCC[C@@H](OC)C[C@@H](C)C(O)(O)C(=O)C(=O)N2CCCC[C@H]2C(=O)OC(/C(C)=C/C2=CC[C@@H](O)[C@H](OC)C2)[C@H](C)[C@@H](O)CC1=O. The molecule has 1 saturated heterocycles. The van der Waals surface area contributed by atoms with Gasteiger partial charge in [0.1, 0.15) is 17.9 Å². The Morgan fingerprint density at radius 2 is 1.67 bits per heavy atom. The first kappa shape index (κ1) is 45.6. The van der Waals surface area contributed by atoms with Crippen LogP contribution in [0.3, 0.4) is 0 Å². The average Bonchev–Trinajstić information content (AvgIpc) is 3.14. The Labute approximate surface area is 322 Å². The summed E-state index contributed by atoms with van der Waals surface area (Å²) in [5.41, 5.74) is 2.51. The number of carbonyl (C=O) groups is 4. The first-order chi connectivity index (χ1) is 25.4. The zero-order valence-corrected chi connectivity index (χ0v) is 33.8. The minimum absolute atomic E-state index is 0.0405. The standard InChI is InChI=1S/C42H67NO11/c1-9-31-20-26(3)19-25(2)13-12-14-32(52-7)22-28(5)42(50,51)39(47)40(48)43-18-11-10-15-33(43)41(49)54-38(29(6)35(45)24-36(31)46)27(4)21-30-16-17-34(44)37(23-30)53-8/h16,20-21,25,28-29,31-35,37-38,44-45,50-51H,9-15,17-19,22-24H2,1-8H3/b26-20-,27-21+/t25-,28-,29-,31?,32-,33+,34-,35+,37-,38?/m1/s1. The number of cyclic esters (lactones) is 1. The molecule has 0 saturated carbocycles. The van der Waals surface area contributed by atoms with Crippen molar-refractivity contribution in [3.8, 4) is 0 Å². The van der Waals surface area contributed by atoms with Crippen LogP contribution in [0.5, 0.6) is 0 Å². The number of amides is 1. The lowest BCUT2D eigenvalue weighted by Gasteiger charge is -2.37. The third-order valence-electron chi connectivity index (χ3n) is 11.8. The largest absolute Gasteiger partial charge is 0.456 e. The number of esters is 1. The maximum absolute atomic E-state index is 14.1. The molecule has 0 spiro atoms. The molecule has 306 valence electrons. The fraction of sp³-hybridized carbons (Fsp3) is 0.762. The molecular formula is C42H67NO11. The molecular weight excluding hydrogens is 694 g/mol. The number of aliphatic hydroxyl groups is 4. The molecule has 0 aromatic heterocycles. The molecule has 3 rings (SSSR count). The molecule has 0 radical (unpaired) electrons. The zero-order valence-electron chi connectivity index (χ0n) is 33.8. The Hall–Kier alpha value is -2.74. The lowest BCUT2D eigenvalue weighted by atomic mass is 9.85. The molecule has 12 heteroatoms. The van der Waals surface area contributed by atoms with Gasteiger partial charge < -0.3 is 39.5 Å². The van der Waals surface area contributed by atoms with Crippen molar-refractivity contribution in [3.05, 3.63) is 34.9 Å². The number of ether oxygens (including phenoxy) is 3. The Morgan fingerprint density at radius 1 is 0.963 bits per heavy atom. The van der Waals surface area contributed by atoms with Crippen LogP contribution in [-0.2, 0) is 33.4 Å². The van der Waals surface area contributed by atoms with E-state index in [4.69, 9.17) is 14.2 Å².